The van der Waals surface area contributed by atoms with E-state index in [2.05, 4.69) is 20.6 Å². The number of halogens is 1. The molecule has 3 rings (SSSR count). The Labute approximate surface area is 145 Å². The lowest BCUT2D eigenvalue weighted by molar-refractivity contribution is 0.102. The summed E-state index contributed by atoms with van der Waals surface area (Å²) in [6, 6.07) is 13.7. The van der Waals surface area contributed by atoms with E-state index in [0.29, 0.717) is 12.4 Å². The van der Waals surface area contributed by atoms with E-state index in [1.165, 1.54) is 24.5 Å². The summed E-state index contributed by atoms with van der Waals surface area (Å²) in [5.41, 5.74) is 2.87. The summed E-state index contributed by atoms with van der Waals surface area (Å²) in [6.45, 7) is 2.41. The van der Waals surface area contributed by atoms with Crippen LogP contribution in [0.4, 0.5) is 15.9 Å². The molecule has 25 heavy (non-hydrogen) atoms. The third-order valence-corrected chi connectivity index (χ3v) is 3.66. The number of hydrogen-bond donors (Lipinski definition) is 2. The van der Waals surface area contributed by atoms with E-state index in [4.69, 9.17) is 0 Å². The van der Waals surface area contributed by atoms with Gasteiger partial charge in [-0.2, -0.15) is 0 Å². The number of amides is 1. The van der Waals surface area contributed by atoms with Crippen molar-refractivity contribution in [3.8, 4) is 0 Å². The number of aryl methyl sites for hydroxylation is 1. The van der Waals surface area contributed by atoms with Crippen LogP contribution >= 0.6 is 0 Å². The molecule has 0 saturated heterocycles. The van der Waals surface area contributed by atoms with Gasteiger partial charge in [0.25, 0.3) is 5.91 Å². The topological polar surface area (TPSA) is 66.9 Å². The molecule has 1 amide bonds. The maximum absolute atomic E-state index is 12.9. The highest BCUT2D eigenvalue weighted by Gasteiger charge is 2.09. The molecule has 2 N–H and O–H groups in total. The fourth-order valence-corrected chi connectivity index (χ4v) is 2.23. The SMILES string of the molecule is Cc1ccccc1NC(=O)c1cnc(NCc2ccc(F)cc2)cn1. The van der Waals surface area contributed by atoms with Gasteiger partial charge in [-0.05, 0) is 36.2 Å². The van der Waals surface area contributed by atoms with Crippen molar-refractivity contribution in [3.05, 3.63) is 83.6 Å². The van der Waals surface area contributed by atoms with Gasteiger partial charge >= 0.3 is 0 Å². The molecule has 3 aromatic rings. The van der Waals surface area contributed by atoms with Gasteiger partial charge in [-0.1, -0.05) is 30.3 Å². The highest BCUT2D eigenvalue weighted by molar-refractivity contribution is 6.03. The Kier molecular flexibility index (Phi) is 4.99. The number of rotatable bonds is 5. The van der Waals surface area contributed by atoms with Crippen LogP contribution in [0.3, 0.4) is 0 Å². The van der Waals surface area contributed by atoms with Crippen molar-refractivity contribution in [2.45, 2.75) is 13.5 Å². The Morgan fingerprint density at radius 3 is 2.48 bits per heavy atom. The molecule has 1 aromatic heterocycles. The molecular formula is C19H17FN4O. The van der Waals surface area contributed by atoms with Crippen LogP contribution in [0.1, 0.15) is 21.6 Å². The number of nitrogens with one attached hydrogen (secondary N) is 2. The van der Waals surface area contributed by atoms with E-state index < -0.39 is 0 Å². The van der Waals surface area contributed by atoms with Crippen molar-refractivity contribution in [1.29, 1.82) is 0 Å². The van der Waals surface area contributed by atoms with Gasteiger partial charge < -0.3 is 10.6 Å². The maximum atomic E-state index is 12.9. The summed E-state index contributed by atoms with van der Waals surface area (Å²) >= 11 is 0. The predicted octanol–water partition coefficient (Wildman–Crippen LogP) is 3.79. The van der Waals surface area contributed by atoms with Crippen LogP contribution in [0.15, 0.2) is 60.9 Å². The van der Waals surface area contributed by atoms with E-state index in [-0.39, 0.29) is 17.4 Å². The van der Waals surface area contributed by atoms with Crippen LogP contribution in [-0.2, 0) is 6.54 Å². The van der Waals surface area contributed by atoms with Crippen molar-refractivity contribution in [2.75, 3.05) is 10.6 Å². The van der Waals surface area contributed by atoms with Crippen LogP contribution in [0, 0.1) is 12.7 Å². The second-order valence-electron chi connectivity index (χ2n) is 5.54. The Morgan fingerprint density at radius 2 is 1.80 bits per heavy atom. The minimum Gasteiger partial charge on any atom is -0.365 e. The fraction of sp³-hybridized carbons (Fsp3) is 0.105. The molecule has 0 fully saturated rings. The van der Waals surface area contributed by atoms with Crippen molar-refractivity contribution in [3.63, 3.8) is 0 Å². The first-order valence-electron chi connectivity index (χ1n) is 7.79. The Morgan fingerprint density at radius 1 is 1.04 bits per heavy atom. The van der Waals surface area contributed by atoms with Crippen LogP contribution in [0.25, 0.3) is 0 Å². The fourth-order valence-electron chi connectivity index (χ4n) is 2.23. The number of anilines is 2. The van der Waals surface area contributed by atoms with E-state index in [0.717, 1.165) is 16.8 Å². The molecular weight excluding hydrogens is 319 g/mol. The Bertz CT molecular complexity index is 863. The molecule has 5 nitrogen and oxygen atoms in total. The van der Waals surface area contributed by atoms with Gasteiger partial charge in [-0.15, -0.1) is 0 Å². The molecule has 0 aliphatic rings. The monoisotopic (exact) mass is 336 g/mol. The van der Waals surface area contributed by atoms with Gasteiger partial charge in [0, 0.05) is 12.2 Å². The second kappa shape index (κ2) is 7.53. The summed E-state index contributed by atoms with van der Waals surface area (Å²) in [6.07, 6.45) is 2.91. The quantitative estimate of drug-likeness (QED) is 0.744. The lowest BCUT2D eigenvalue weighted by atomic mass is 10.2. The summed E-state index contributed by atoms with van der Waals surface area (Å²) in [7, 11) is 0. The van der Waals surface area contributed by atoms with E-state index in [9.17, 15) is 9.18 Å². The standard InChI is InChI=1S/C19H17FN4O/c1-13-4-2-3-5-16(13)24-19(25)17-11-23-18(12-21-17)22-10-14-6-8-15(20)9-7-14/h2-9,11-12H,10H2,1H3,(H,22,23)(H,24,25). The molecule has 1 heterocycles. The first-order chi connectivity index (χ1) is 12.1. The Hall–Kier alpha value is -3.28. The average Bonchev–Trinajstić information content (AvgIpc) is 2.63. The van der Waals surface area contributed by atoms with Crippen molar-refractivity contribution < 1.29 is 9.18 Å². The molecule has 0 atom stereocenters. The molecule has 0 radical (unpaired) electrons. The maximum Gasteiger partial charge on any atom is 0.275 e. The summed E-state index contributed by atoms with van der Waals surface area (Å²) < 4.78 is 12.9. The van der Waals surface area contributed by atoms with Crippen molar-refractivity contribution >= 4 is 17.4 Å². The molecule has 0 spiro atoms. The normalized spacial score (nSPS) is 10.3. The zero-order valence-corrected chi connectivity index (χ0v) is 13.7. The molecule has 0 bridgehead atoms. The summed E-state index contributed by atoms with van der Waals surface area (Å²) in [5.74, 6) is -0.0452. The highest BCUT2D eigenvalue weighted by Crippen LogP contribution is 2.14. The molecule has 0 aliphatic heterocycles. The van der Waals surface area contributed by atoms with E-state index >= 15 is 0 Å². The molecule has 0 unspecified atom stereocenters. The molecule has 0 aliphatic carbocycles. The zero-order chi connectivity index (χ0) is 17.6. The third-order valence-electron chi connectivity index (χ3n) is 3.66. The predicted molar refractivity (Wildman–Crippen MR) is 94.9 cm³/mol. The lowest BCUT2D eigenvalue weighted by Crippen LogP contribution is -2.15. The molecule has 6 heteroatoms. The minimum absolute atomic E-state index is 0.232. The van der Waals surface area contributed by atoms with Gasteiger partial charge in [0.05, 0.1) is 12.4 Å². The first-order valence-corrected chi connectivity index (χ1v) is 7.79. The largest absolute Gasteiger partial charge is 0.365 e. The van der Waals surface area contributed by atoms with Gasteiger partial charge in [0.15, 0.2) is 0 Å². The van der Waals surface area contributed by atoms with E-state index in [1.54, 1.807) is 12.1 Å². The molecule has 126 valence electrons. The number of nitrogens with zero attached hydrogens (tertiary/aromatic N) is 2. The number of para-hydroxylation sites is 1. The minimum atomic E-state index is -0.313. The van der Waals surface area contributed by atoms with Gasteiger partial charge in [0.2, 0.25) is 0 Å². The zero-order valence-electron chi connectivity index (χ0n) is 13.7. The Balaban J connectivity index is 1.60. The van der Waals surface area contributed by atoms with Crippen molar-refractivity contribution in [2.24, 2.45) is 0 Å². The number of carbonyl (C=O) groups is 1. The van der Waals surface area contributed by atoms with E-state index in [1.807, 2.05) is 31.2 Å². The van der Waals surface area contributed by atoms with Crippen molar-refractivity contribution in [1.82, 2.24) is 9.97 Å². The third kappa shape index (κ3) is 4.38. The van der Waals surface area contributed by atoms with Crippen LogP contribution in [0.5, 0.6) is 0 Å². The van der Waals surface area contributed by atoms with Crippen LogP contribution < -0.4 is 10.6 Å². The summed E-state index contributed by atoms with van der Waals surface area (Å²) in [4.78, 5) is 20.5. The van der Waals surface area contributed by atoms with Crippen LogP contribution in [-0.4, -0.2) is 15.9 Å². The molecule has 2 aromatic carbocycles. The number of hydrogen-bond acceptors (Lipinski definition) is 4. The van der Waals surface area contributed by atoms with Crippen LogP contribution in [0.2, 0.25) is 0 Å². The van der Waals surface area contributed by atoms with Gasteiger partial charge in [0.1, 0.15) is 17.3 Å². The van der Waals surface area contributed by atoms with Gasteiger partial charge in [-0.25, -0.2) is 14.4 Å². The number of benzene rings is 2. The second-order valence-corrected chi connectivity index (χ2v) is 5.54. The lowest BCUT2D eigenvalue weighted by Gasteiger charge is -2.08. The smallest absolute Gasteiger partial charge is 0.275 e. The molecule has 0 saturated carbocycles. The first kappa shape index (κ1) is 16.6. The van der Waals surface area contributed by atoms with Gasteiger partial charge in [-0.3, -0.25) is 4.79 Å². The number of carbonyl (C=O) groups excluding carboxylic acids is 1. The summed E-state index contributed by atoms with van der Waals surface area (Å²) in [5, 5.41) is 5.89. The average molecular weight is 336 g/mol. The highest BCUT2D eigenvalue weighted by atomic mass is 19.1. The number of aromatic nitrogens is 2.